The highest BCUT2D eigenvalue weighted by atomic mass is 16.8. The molecular formula is C17H26O4. The van der Waals surface area contributed by atoms with Gasteiger partial charge in [-0.1, -0.05) is 6.42 Å². The number of carbonyl (C=O) groups excluding carboxylic acids is 1. The molecule has 21 heavy (non-hydrogen) atoms. The third kappa shape index (κ3) is 1.56. The number of carbonyl (C=O) groups is 1. The highest BCUT2D eigenvalue weighted by Gasteiger charge is 2.76. The Labute approximate surface area is 126 Å². The Bertz CT molecular complexity index is 452. The fourth-order valence-electron chi connectivity index (χ4n) is 6.05. The molecule has 0 aromatic rings. The average Bonchev–Trinajstić information content (AvgIpc) is 2.98. The van der Waals surface area contributed by atoms with Crippen LogP contribution in [0.4, 0.5) is 0 Å². The van der Waals surface area contributed by atoms with Gasteiger partial charge in [-0.25, -0.2) is 0 Å². The van der Waals surface area contributed by atoms with Crippen molar-refractivity contribution in [3.05, 3.63) is 0 Å². The summed E-state index contributed by atoms with van der Waals surface area (Å²) < 4.78 is 17.9. The minimum atomic E-state index is -0.531. The van der Waals surface area contributed by atoms with E-state index >= 15 is 0 Å². The van der Waals surface area contributed by atoms with Crippen molar-refractivity contribution in [3.63, 3.8) is 0 Å². The molecule has 4 nitrogen and oxygen atoms in total. The normalized spacial score (nSPS) is 50.3. The second-order valence-corrected chi connectivity index (χ2v) is 7.52. The van der Waals surface area contributed by atoms with Crippen LogP contribution in [-0.4, -0.2) is 31.1 Å². The van der Waals surface area contributed by atoms with E-state index in [0.29, 0.717) is 11.8 Å². The summed E-state index contributed by atoms with van der Waals surface area (Å²) in [6.07, 6.45) is 6.69. The summed E-state index contributed by atoms with van der Waals surface area (Å²) >= 11 is 0. The van der Waals surface area contributed by atoms with E-state index in [-0.39, 0.29) is 29.5 Å². The zero-order chi connectivity index (χ0) is 14.8. The summed E-state index contributed by atoms with van der Waals surface area (Å²) in [5.74, 6) is 0.726. The minimum Gasteiger partial charge on any atom is -0.469 e. The first-order valence-corrected chi connectivity index (χ1v) is 8.49. The van der Waals surface area contributed by atoms with Crippen LogP contribution in [0.2, 0.25) is 0 Å². The van der Waals surface area contributed by atoms with E-state index in [1.165, 1.54) is 20.0 Å². The van der Waals surface area contributed by atoms with Crippen LogP contribution in [-0.2, 0) is 19.0 Å². The molecule has 3 saturated carbocycles. The van der Waals surface area contributed by atoms with Crippen LogP contribution < -0.4 is 0 Å². The van der Waals surface area contributed by atoms with E-state index in [1.807, 2.05) is 0 Å². The van der Waals surface area contributed by atoms with Crippen LogP contribution in [0.1, 0.15) is 52.4 Å². The van der Waals surface area contributed by atoms with E-state index in [0.717, 1.165) is 25.7 Å². The van der Waals surface area contributed by atoms with Crippen molar-refractivity contribution in [1.29, 1.82) is 0 Å². The lowest BCUT2D eigenvalue weighted by Gasteiger charge is -2.64. The lowest BCUT2D eigenvalue weighted by Crippen LogP contribution is -2.69. The molecule has 1 saturated heterocycles. The molecule has 3 aliphatic carbocycles. The van der Waals surface area contributed by atoms with Gasteiger partial charge in [0.05, 0.1) is 24.7 Å². The molecule has 0 amide bonds. The Hall–Kier alpha value is -0.610. The highest BCUT2D eigenvalue weighted by molar-refractivity contribution is 5.80. The number of methoxy groups -OCH3 is 1. The molecule has 1 spiro atoms. The van der Waals surface area contributed by atoms with Gasteiger partial charge < -0.3 is 14.2 Å². The molecule has 1 heterocycles. The van der Waals surface area contributed by atoms with Crippen molar-refractivity contribution in [2.75, 3.05) is 7.11 Å². The first kappa shape index (κ1) is 14.0. The molecule has 0 radical (unpaired) electrons. The molecular weight excluding hydrogens is 268 g/mol. The monoisotopic (exact) mass is 294 g/mol. The smallest absolute Gasteiger partial charge is 0.312 e. The molecule has 4 fully saturated rings. The van der Waals surface area contributed by atoms with Crippen LogP contribution in [0, 0.1) is 23.2 Å². The first-order valence-electron chi connectivity index (χ1n) is 8.49. The van der Waals surface area contributed by atoms with E-state index in [2.05, 4.69) is 13.8 Å². The summed E-state index contributed by atoms with van der Waals surface area (Å²) in [6, 6.07) is 0. The summed E-state index contributed by atoms with van der Waals surface area (Å²) in [6.45, 7) is 4.16. The number of esters is 1. The molecule has 0 bridgehead atoms. The van der Waals surface area contributed by atoms with Gasteiger partial charge in [0.1, 0.15) is 0 Å². The van der Waals surface area contributed by atoms with Crippen molar-refractivity contribution < 1.29 is 19.0 Å². The fourth-order valence-corrected chi connectivity index (χ4v) is 6.05. The minimum absolute atomic E-state index is 0.0193. The van der Waals surface area contributed by atoms with Crippen LogP contribution in [0.15, 0.2) is 0 Å². The molecule has 4 heteroatoms. The Morgan fingerprint density at radius 2 is 1.81 bits per heavy atom. The molecule has 4 aliphatic rings. The van der Waals surface area contributed by atoms with Gasteiger partial charge in [0.2, 0.25) is 0 Å². The van der Waals surface area contributed by atoms with E-state index in [9.17, 15) is 4.79 Å². The Balaban J connectivity index is 1.74. The summed E-state index contributed by atoms with van der Waals surface area (Å²) in [7, 11) is 1.53. The van der Waals surface area contributed by atoms with Crippen molar-refractivity contribution in [2.45, 2.75) is 70.4 Å². The van der Waals surface area contributed by atoms with Gasteiger partial charge >= 0.3 is 5.97 Å². The van der Waals surface area contributed by atoms with Crippen LogP contribution >= 0.6 is 0 Å². The van der Waals surface area contributed by atoms with Gasteiger partial charge in [-0.2, -0.15) is 0 Å². The van der Waals surface area contributed by atoms with Crippen molar-refractivity contribution in [3.8, 4) is 0 Å². The second kappa shape index (κ2) is 4.45. The van der Waals surface area contributed by atoms with Crippen molar-refractivity contribution in [1.82, 2.24) is 0 Å². The van der Waals surface area contributed by atoms with E-state index < -0.39 is 5.79 Å². The third-order valence-electron chi connectivity index (χ3n) is 6.80. The second-order valence-electron chi connectivity index (χ2n) is 7.52. The Morgan fingerprint density at radius 1 is 1.10 bits per heavy atom. The molecule has 118 valence electrons. The molecule has 0 aromatic heterocycles. The molecule has 0 N–H and O–H groups in total. The van der Waals surface area contributed by atoms with Gasteiger partial charge in [-0.15, -0.1) is 0 Å². The topological polar surface area (TPSA) is 44.8 Å². The number of hydrogen-bond donors (Lipinski definition) is 0. The molecule has 4 rings (SSSR count). The number of hydrogen-bond acceptors (Lipinski definition) is 4. The predicted molar refractivity (Wildman–Crippen MR) is 76.4 cm³/mol. The summed E-state index contributed by atoms with van der Waals surface area (Å²) in [4.78, 5) is 12.7. The van der Waals surface area contributed by atoms with E-state index in [1.54, 1.807) is 0 Å². The van der Waals surface area contributed by atoms with E-state index in [4.69, 9.17) is 14.2 Å². The number of ether oxygens (including phenoxy) is 3. The molecule has 0 aromatic carbocycles. The summed E-state index contributed by atoms with van der Waals surface area (Å²) in [5.41, 5.74) is -0.335. The zero-order valence-corrected chi connectivity index (χ0v) is 13.3. The standard InChI is InChI=1S/C17H26O4/c1-10-11(2)21-17(20-10)9-5-8-16(15(18)19-3)13-7-4-6-12(13)14(16)17/h10-14H,4-9H2,1-3H3/t10-,11-,12+,13-,14-,16-/m1/s1. The average molecular weight is 294 g/mol. The third-order valence-corrected chi connectivity index (χ3v) is 6.80. The highest BCUT2D eigenvalue weighted by Crippen LogP contribution is 2.72. The lowest BCUT2D eigenvalue weighted by atomic mass is 9.41. The van der Waals surface area contributed by atoms with Gasteiger partial charge in [-0.05, 0) is 51.4 Å². The number of rotatable bonds is 1. The lowest BCUT2D eigenvalue weighted by molar-refractivity contribution is -0.319. The van der Waals surface area contributed by atoms with Gasteiger partial charge in [-0.3, -0.25) is 4.79 Å². The predicted octanol–water partition coefficient (Wildman–Crippen LogP) is 2.90. The molecule has 0 unspecified atom stereocenters. The molecule has 1 aliphatic heterocycles. The van der Waals surface area contributed by atoms with Gasteiger partial charge in [0.25, 0.3) is 0 Å². The van der Waals surface area contributed by atoms with Crippen LogP contribution in [0.25, 0.3) is 0 Å². The van der Waals surface area contributed by atoms with Gasteiger partial charge in [0.15, 0.2) is 5.79 Å². The SMILES string of the molecule is COC(=O)[C@@]12CCCC3(O[C@H](C)[C@@H](C)O3)[C@@H]1[C@H]1CCC[C@H]12. The van der Waals surface area contributed by atoms with Crippen LogP contribution in [0.3, 0.4) is 0 Å². The largest absolute Gasteiger partial charge is 0.469 e. The zero-order valence-electron chi connectivity index (χ0n) is 13.3. The maximum atomic E-state index is 12.7. The summed E-state index contributed by atoms with van der Waals surface area (Å²) in [5, 5.41) is 0. The first-order chi connectivity index (χ1) is 10.0. The molecule has 6 atom stereocenters. The maximum absolute atomic E-state index is 12.7. The maximum Gasteiger partial charge on any atom is 0.312 e. The number of fused-ring (bicyclic) bond motifs is 5. The Kier molecular flexibility index (Phi) is 2.97. The Morgan fingerprint density at radius 3 is 2.48 bits per heavy atom. The van der Waals surface area contributed by atoms with Crippen molar-refractivity contribution >= 4 is 5.97 Å². The van der Waals surface area contributed by atoms with Crippen molar-refractivity contribution in [2.24, 2.45) is 23.2 Å². The fraction of sp³-hybridized carbons (Fsp3) is 0.941. The van der Waals surface area contributed by atoms with Crippen LogP contribution in [0.5, 0.6) is 0 Å². The van der Waals surface area contributed by atoms with Gasteiger partial charge in [0, 0.05) is 12.3 Å². The quantitative estimate of drug-likeness (QED) is 0.698.